The first-order chi connectivity index (χ1) is 10.6. The van der Waals surface area contributed by atoms with E-state index in [1.54, 1.807) is 46.3 Å². The van der Waals surface area contributed by atoms with Crippen LogP contribution in [0.4, 0.5) is 0 Å². The molecule has 0 atom stereocenters. The van der Waals surface area contributed by atoms with E-state index in [1.165, 1.54) is 0 Å². The Morgan fingerprint density at radius 3 is 2.23 bits per heavy atom. The third-order valence-corrected chi connectivity index (χ3v) is 3.95. The fraction of sp³-hybridized carbons (Fsp3) is 0.267. The van der Waals surface area contributed by atoms with Gasteiger partial charge < -0.3 is 14.2 Å². The van der Waals surface area contributed by atoms with Crippen molar-refractivity contribution in [3.05, 3.63) is 52.7 Å². The molecule has 3 rings (SSSR count). The van der Waals surface area contributed by atoms with Gasteiger partial charge in [-0.2, -0.15) is 0 Å². The first kappa shape index (κ1) is 14.8. The summed E-state index contributed by atoms with van der Waals surface area (Å²) in [7, 11) is 0. The van der Waals surface area contributed by atoms with Crippen molar-refractivity contribution in [2.24, 2.45) is 0 Å². The van der Waals surface area contributed by atoms with Crippen LogP contribution < -0.4 is 0 Å². The predicted molar refractivity (Wildman–Crippen MR) is 82.5 cm³/mol. The van der Waals surface area contributed by atoms with Gasteiger partial charge in [-0.15, -0.1) is 0 Å². The lowest BCUT2D eigenvalue weighted by molar-refractivity contribution is 0.0514. The van der Waals surface area contributed by atoms with Crippen LogP contribution in [-0.4, -0.2) is 52.8 Å². The summed E-state index contributed by atoms with van der Waals surface area (Å²) in [6, 6.07) is 8.58. The Balaban J connectivity index is 1.61. The summed E-state index contributed by atoms with van der Waals surface area (Å²) in [5.41, 5.74) is 0.428. The minimum atomic E-state index is -0.157. The maximum absolute atomic E-state index is 12.3. The number of carbonyl (C=O) groups is 2. The molecule has 0 aliphatic carbocycles. The number of hydrogen-bond donors (Lipinski definition) is 0. The molecule has 0 aromatic carbocycles. The minimum Gasteiger partial charge on any atom is -0.444 e. The van der Waals surface area contributed by atoms with E-state index in [9.17, 15) is 9.59 Å². The van der Waals surface area contributed by atoms with E-state index in [-0.39, 0.29) is 11.8 Å². The van der Waals surface area contributed by atoms with Crippen LogP contribution in [0.15, 0.2) is 45.6 Å². The van der Waals surface area contributed by atoms with Gasteiger partial charge in [-0.3, -0.25) is 14.6 Å². The average molecular weight is 364 g/mol. The monoisotopic (exact) mass is 363 g/mol. The van der Waals surface area contributed by atoms with E-state index >= 15 is 0 Å². The third-order valence-electron chi connectivity index (χ3n) is 3.52. The van der Waals surface area contributed by atoms with Gasteiger partial charge in [0.2, 0.25) is 0 Å². The van der Waals surface area contributed by atoms with Crippen LogP contribution in [0.3, 0.4) is 0 Å². The molecule has 1 saturated heterocycles. The predicted octanol–water partition coefficient (Wildman–Crippen LogP) is 2.04. The normalized spacial score (nSPS) is 15.0. The van der Waals surface area contributed by atoms with Crippen molar-refractivity contribution in [1.82, 2.24) is 14.8 Å². The van der Waals surface area contributed by atoms with E-state index < -0.39 is 0 Å². The van der Waals surface area contributed by atoms with E-state index in [4.69, 9.17) is 4.42 Å². The Labute approximate surface area is 135 Å². The molecule has 0 saturated carbocycles. The Kier molecular flexibility index (Phi) is 4.24. The molecule has 2 aromatic heterocycles. The number of hydrogen-bond acceptors (Lipinski definition) is 4. The van der Waals surface area contributed by atoms with Crippen LogP contribution in [0.2, 0.25) is 0 Å². The Morgan fingerprint density at radius 2 is 1.68 bits per heavy atom. The van der Waals surface area contributed by atoms with Gasteiger partial charge in [-0.25, -0.2) is 0 Å². The Hall–Kier alpha value is -2.15. The van der Waals surface area contributed by atoms with E-state index in [0.717, 1.165) is 0 Å². The van der Waals surface area contributed by atoms with Crippen LogP contribution in [0.25, 0.3) is 0 Å². The van der Waals surface area contributed by atoms with E-state index in [1.807, 2.05) is 0 Å². The van der Waals surface area contributed by atoms with Gasteiger partial charge in [0.1, 0.15) is 5.69 Å². The molecule has 1 fully saturated rings. The van der Waals surface area contributed by atoms with Crippen molar-refractivity contribution >= 4 is 27.7 Å². The quantitative estimate of drug-likeness (QED) is 0.818. The highest BCUT2D eigenvalue weighted by Crippen LogP contribution is 2.17. The van der Waals surface area contributed by atoms with Crippen molar-refractivity contribution < 1.29 is 14.0 Å². The zero-order chi connectivity index (χ0) is 15.5. The standard InChI is InChI=1S/C15H14BrN3O3/c16-13-5-4-12(22-13)15(21)19-9-7-18(8-10-19)14(20)11-3-1-2-6-17-11/h1-6H,7-10H2. The number of nitrogens with zero attached hydrogens (tertiary/aromatic N) is 3. The molecular weight excluding hydrogens is 350 g/mol. The number of furan rings is 1. The highest BCUT2D eigenvalue weighted by atomic mass is 79.9. The van der Waals surface area contributed by atoms with Crippen LogP contribution >= 0.6 is 15.9 Å². The molecular formula is C15H14BrN3O3. The van der Waals surface area contributed by atoms with Crippen LogP contribution in [0, 0.1) is 0 Å². The number of carbonyl (C=O) groups excluding carboxylic acids is 2. The van der Waals surface area contributed by atoms with Crippen molar-refractivity contribution in [2.75, 3.05) is 26.2 Å². The summed E-state index contributed by atoms with van der Waals surface area (Å²) in [5.74, 6) is 0.0421. The second-order valence-corrected chi connectivity index (χ2v) is 5.68. The van der Waals surface area contributed by atoms with E-state index in [0.29, 0.717) is 42.3 Å². The van der Waals surface area contributed by atoms with Gasteiger partial charge in [0.05, 0.1) is 0 Å². The molecule has 2 amide bonds. The molecule has 0 bridgehead atoms. The molecule has 0 unspecified atom stereocenters. The SMILES string of the molecule is O=C(c1ccccn1)N1CCN(C(=O)c2ccc(Br)o2)CC1. The van der Waals surface area contributed by atoms with Gasteiger partial charge >= 0.3 is 0 Å². The smallest absolute Gasteiger partial charge is 0.289 e. The molecule has 1 aliphatic heterocycles. The summed E-state index contributed by atoms with van der Waals surface area (Å²) in [6.07, 6.45) is 1.60. The molecule has 0 spiro atoms. The van der Waals surface area contributed by atoms with E-state index in [2.05, 4.69) is 20.9 Å². The third kappa shape index (κ3) is 3.04. The first-order valence-corrected chi connectivity index (χ1v) is 7.69. The van der Waals surface area contributed by atoms with Gasteiger partial charge in [-0.05, 0) is 40.2 Å². The molecule has 114 valence electrons. The van der Waals surface area contributed by atoms with Gasteiger partial charge in [0.15, 0.2) is 10.4 Å². The molecule has 2 aromatic rings. The molecule has 1 aliphatic rings. The number of halogens is 1. The number of aromatic nitrogens is 1. The molecule has 22 heavy (non-hydrogen) atoms. The largest absolute Gasteiger partial charge is 0.444 e. The molecule has 0 radical (unpaired) electrons. The topological polar surface area (TPSA) is 66.7 Å². The zero-order valence-corrected chi connectivity index (χ0v) is 13.3. The first-order valence-electron chi connectivity index (χ1n) is 6.90. The van der Waals surface area contributed by atoms with Crippen molar-refractivity contribution in [3.63, 3.8) is 0 Å². The highest BCUT2D eigenvalue weighted by Gasteiger charge is 2.27. The van der Waals surface area contributed by atoms with Crippen molar-refractivity contribution in [2.45, 2.75) is 0 Å². The average Bonchev–Trinajstić information content (AvgIpc) is 3.01. The summed E-state index contributed by atoms with van der Waals surface area (Å²) in [4.78, 5) is 32.0. The second-order valence-electron chi connectivity index (χ2n) is 4.90. The number of amides is 2. The Morgan fingerprint density at radius 1 is 1.00 bits per heavy atom. The number of piperazine rings is 1. The van der Waals surface area contributed by atoms with Crippen LogP contribution in [0.5, 0.6) is 0 Å². The van der Waals surface area contributed by atoms with Crippen LogP contribution in [-0.2, 0) is 0 Å². The number of rotatable bonds is 2. The van der Waals surface area contributed by atoms with Crippen LogP contribution in [0.1, 0.15) is 21.0 Å². The zero-order valence-electron chi connectivity index (χ0n) is 11.7. The number of pyridine rings is 1. The summed E-state index contributed by atoms with van der Waals surface area (Å²) >= 11 is 3.18. The molecule has 6 nitrogen and oxygen atoms in total. The summed E-state index contributed by atoms with van der Waals surface area (Å²) < 4.78 is 5.80. The lowest BCUT2D eigenvalue weighted by Crippen LogP contribution is -2.50. The summed E-state index contributed by atoms with van der Waals surface area (Å²) in [6.45, 7) is 1.94. The Bertz CT molecular complexity index is 678. The lowest BCUT2D eigenvalue weighted by Gasteiger charge is -2.34. The molecule has 7 heteroatoms. The maximum atomic E-state index is 12.3. The van der Waals surface area contributed by atoms with Gasteiger partial charge in [-0.1, -0.05) is 6.07 Å². The maximum Gasteiger partial charge on any atom is 0.289 e. The second kappa shape index (κ2) is 6.31. The van der Waals surface area contributed by atoms with Gasteiger partial charge in [0.25, 0.3) is 11.8 Å². The van der Waals surface area contributed by atoms with Gasteiger partial charge in [0, 0.05) is 32.4 Å². The molecule has 0 N–H and O–H groups in total. The lowest BCUT2D eigenvalue weighted by atomic mass is 10.2. The summed E-state index contributed by atoms with van der Waals surface area (Å²) in [5, 5.41) is 0. The van der Waals surface area contributed by atoms with Crippen molar-refractivity contribution in [3.8, 4) is 0 Å². The van der Waals surface area contributed by atoms with Crippen molar-refractivity contribution in [1.29, 1.82) is 0 Å². The fourth-order valence-electron chi connectivity index (χ4n) is 2.35. The highest BCUT2D eigenvalue weighted by molar-refractivity contribution is 9.10. The fourth-order valence-corrected chi connectivity index (χ4v) is 2.66. The minimum absolute atomic E-state index is 0.103. The molecule has 3 heterocycles.